The van der Waals surface area contributed by atoms with E-state index in [2.05, 4.69) is 15.6 Å². The van der Waals surface area contributed by atoms with Gasteiger partial charge in [-0.15, -0.1) is 11.3 Å². The summed E-state index contributed by atoms with van der Waals surface area (Å²) in [6.07, 6.45) is 2.23. The predicted octanol–water partition coefficient (Wildman–Crippen LogP) is 3.33. The Balaban J connectivity index is 2.01. The molecule has 0 fully saturated rings. The number of halogens is 1. The number of hydrogen-bond donors (Lipinski definition) is 2. The highest BCUT2D eigenvalue weighted by molar-refractivity contribution is 7.13. The Kier molecular flexibility index (Phi) is 8.46. The highest BCUT2D eigenvalue weighted by Crippen LogP contribution is 2.13. The second-order valence-electron chi connectivity index (χ2n) is 7.55. The monoisotopic (exact) mass is 434 g/mol. The average molecular weight is 435 g/mol. The van der Waals surface area contributed by atoms with Gasteiger partial charge in [0.15, 0.2) is 5.13 Å². The summed E-state index contributed by atoms with van der Waals surface area (Å²) in [5.74, 6) is -1.32. The molecule has 0 saturated carbocycles. The van der Waals surface area contributed by atoms with Crippen molar-refractivity contribution < 1.29 is 18.8 Å². The maximum Gasteiger partial charge on any atom is 0.240 e. The van der Waals surface area contributed by atoms with Gasteiger partial charge in [-0.3, -0.25) is 14.4 Å². The van der Waals surface area contributed by atoms with E-state index in [4.69, 9.17) is 0 Å². The Labute approximate surface area is 179 Å². The molecule has 0 aliphatic rings. The Morgan fingerprint density at radius 3 is 2.43 bits per heavy atom. The summed E-state index contributed by atoms with van der Waals surface area (Å²) in [6, 6.07) is 5.75. The molecule has 30 heavy (non-hydrogen) atoms. The van der Waals surface area contributed by atoms with E-state index in [9.17, 15) is 18.8 Å². The molecule has 0 unspecified atom stereocenters. The molecule has 0 spiro atoms. The molecule has 2 rings (SSSR count). The molecule has 162 valence electrons. The minimum atomic E-state index is -0.394. The van der Waals surface area contributed by atoms with Crippen LogP contribution in [0, 0.1) is 5.82 Å². The van der Waals surface area contributed by atoms with Crippen molar-refractivity contribution >= 4 is 34.2 Å². The highest BCUT2D eigenvalue weighted by Gasteiger charge is 2.23. The summed E-state index contributed by atoms with van der Waals surface area (Å²) in [7, 11) is 0. The van der Waals surface area contributed by atoms with Gasteiger partial charge in [-0.05, 0) is 38.0 Å². The van der Waals surface area contributed by atoms with Crippen LogP contribution in [0.4, 0.5) is 9.52 Å². The number of aromatic nitrogens is 1. The minimum absolute atomic E-state index is 0.0274. The van der Waals surface area contributed by atoms with Crippen LogP contribution in [0.15, 0.2) is 35.8 Å². The number of benzene rings is 1. The van der Waals surface area contributed by atoms with Crippen molar-refractivity contribution in [3.8, 4) is 0 Å². The zero-order chi connectivity index (χ0) is 22.1. The standard InChI is InChI=1S/C21H27FN4O3S/c1-4-21(2,3)25-18(28)14-26(13-15-5-7-16(22)8-6-15)19(29)10-9-17(27)24-20-23-11-12-30-20/h5-8,11-12H,4,9-10,13-14H2,1-3H3,(H,25,28)(H,23,24,27). The quantitative estimate of drug-likeness (QED) is 0.600. The first-order valence-electron chi connectivity index (χ1n) is 9.71. The summed E-state index contributed by atoms with van der Waals surface area (Å²) >= 11 is 1.29. The molecule has 1 heterocycles. The van der Waals surface area contributed by atoms with Gasteiger partial charge in [0, 0.05) is 36.5 Å². The topological polar surface area (TPSA) is 91.4 Å². The lowest BCUT2D eigenvalue weighted by Crippen LogP contribution is -2.48. The molecule has 7 nitrogen and oxygen atoms in total. The molecule has 0 saturated heterocycles. The van der Waals surface area contributed by atoms with Crippen LogP contribution >= 0.6 is 11.3 Å². The van der Waals surface area contributed by atoms with E-state index in [1.165, 1.54) is 28.4 Å². The van der Waals surface area contributed by atoms with Gasteiger partial charge in [0.2, 0.25) is 17.7 Å². The van der Waals surface area contributed by atoms with E-state index in [0.29, 0.717) is 10.7 Å². The number of carbonyl (C=O) groups excluding carboxylic acids is 3. The number of amides is 3. The van der Waals surface area contributed by atoms with E-state index in [1.807, 2.05) is 20.8 Å². The minimum Gasteiger partial charge on any atom is -0.350 e. The summed E-state index contributed by atoms with van der Waals surface area (Å²) in [6.45, 7) is 5.77. The van der Waals surface area contributed by atoms with Gasteiger partial charge in [0.1, 0.15) is 5.82 Å². The zero-order valence-corrected chi connectivity index (χ0v) is 18.2. The van der Waals surface area contributed by atoms with Gasteiger partial charge in [-0.1, -0.05) is 19.1 Å². The Morgan fingerprint density at radius 1 is 1.13 bits per heavy atom. The Morgan fingerprint density at radius 2 is 1.83 bits per heavy atom. The fourth-order valence-electron chi connectivity index (χ4n) is 2.57. The van der Waals surface area contributed by atoms with Crippen LogP contribution in [0.1, 0.15) is 45.6 Å². The SMILES string of the molecule is CCC(C)(C)NC(=O)CN(Cc1ccc(F)cc1)C(=O)CCC(=O)Nc1nccs1. The van der Waals surface area contributed by atoms with Crippen LogP contribution in [-0.4, -0.2) is 39.7 Å². The number of rotatable bonds is 10. The highest BCUT2D eigenvalue weighted by atomic mass is 32.1. The van der Waals surface area contributed by atoms with E-state index >= 15 is 0 Å². The largest absolute Gasteiger partial charge is 0.350 e. The average Bonchev–Trinajstić information content (AvgIpc) is 3.19. The second-order valence-corrected chi connectivity index (χ2v) is 8.44. The number of nitrogens with one attached hydrogen (secondary N) is 2. The molecule has 0 radical (unpaired) electrons. The van der Waals surface area contributed by atoms with Gasteiger partial charge in [0.05, 0.1) is 6.54 Å². The van der Waals surface area contributed by atoms with Gasteiger partial charge in [-0.2, -0.15) is 0 Å². The number of carbonyl (C=O) groups is 3. The van der Waals surface area contributed by atoms with Crippen molar-refractivity contribution in [2.24, 2.45) is 0 Å². The normalized spacial score (nSPS) is 11.1. The molecule has 1 aromatic heterocycles. The summed E-state index contributed by atoms with van der Waals surface area (Å²) in [5.41, 5.74) is 0.300. The summed E-state index contributed by atoms with van der Waals surface area (Å²) < 4.78 is 13.2. The maximum atomic E-state index is 13.2. The van der Waals surface area contributed by atoms with Crippen LogP contribution in [0.5, 0.6) is 0 Å². The third-order valence-electron chi connectivity index (χ3n) is 4.58. The summed E-state index contributed by atoms with van der Waals surface area (Å²) in [4.78, 5) is 42.6. The molecular weight excluding hydrogens is 407 g/mol. The first-order valence-corrected chi connectivity index (χ1v) is 10.6. The van der Waals surface area contributed by atoms with E-state index in [0.717, 1.165) is 6.42 Å². The van der Waals surface area contributed by atoms with Crippen molar-refractivity contribution in [3.63, 3.8) is 0 Å². The van der Waals surface area contributed by atoms with Crippen LogP contribution in [0.2, 0.25) is 0 Å². The van der Waals surface area contributed by atoms with Crippen molar-refractivity contribution in [2.75, 3.05) is 11.9 Å². The summed E-state index contributed by atoms with van der Waals surface area (Å²) in [5, 5.41) is 7.74. The van der Waals surface area contributed by atoms with Crippen LogP contribution in [0.25, 0.3) is 0 Å². The van der Waals surface area contributed by atoms with Gasteiger partial charge >= 0.3 is 0 Å². The van der Waals surface area contributed by atoms with Crippen LogP contribution < -0.4 is 10.6 Å². The molecule has 0 aliphatic heterocycles. The molecule has 9 heteroatoms. The van der Waals surface area contributed by atoms with Gasteiger partial charge in [-0.25, -0.2) is 9.37 Å². The van der Waals surface area contributed by atoms with Gasteiger partial charge < -0.3 is 15.5 Å². The predicted molar refractivity (Wildman–Crippen MR) is 114 cm³/mol. The second kappa shape index (κ2) is 10.8. The smallest absolute Gasteiger partial charge is 0.240 e. The number of hydrogen-bond acceptors (Lipinski definition) is 5. The first kappa shape index (κ1) is 23.5. The zero-order valence-electron chi connectivity index (χ0n) is 17.4. The Hall–Kier alpha value is -2.81. The Bertz CT molecular complexity index is 854. The van der Waals surface area contributed by atoms with E-state index in [1.54, 1.807) is 23.7 Å². The molecular formula is C21H27FN4O3S. The molecule has 1 aromatic carbocycles. The van der Waals surface area contributed by atoms with E-state index < -0.39 is 5.54 Å². The van der Waals surface area contributed by atoms with Crippen LogP contribution in [0.3, 0.4) is 0 Å². The van der Waals surface area contributed by atoms with Crippen molar-refractivity contribution in [1.82, 2.24) is 15.2 Å². The first-order chi connectivity index (χ1) is 14.2. The molecule has 3 amide bonds. The number of nitrogens with zero attached hydrogens (tertiary/aromatic N) is 2. The fraction of sp³-hybridized carbons (Fsp3) is 0.429. The van der Waals surface area contributed by atoms with Crippen LogP contribution in [-0.2, 0) is 20.9 Å². The lowest BCUT2D eigenvalue weighted by atomic mass is 10.0. The lowest BCUT2D eigenvalue weighted by molar-refractivity contribution is -0.138. The third kappa shape index (κ3) is 7.90. The fourth-order valence-corrected chi connectivity index (χ4v) is 3.11. The molecule has 2 aromatic rings. The van der Waals surface area contributed by atoms with Crippen molar-refractivity contribution in [2.45, 2.75) is 52.1 Å². The number of thiazole rings is 1. The molecule has 0 aliphatic carbocycles. The van der Waals surface area contributed by atoms with E-state index in [-0.39, 0.29) is 49.5 Å². The number of anilines is 1. The molecule has 0 bridgehead atoms. The van der Waals surface area contributed by atoms with Crippen molar-refractivity contribution in [1.29, 1.82) is 0 Å². The lowest BCUT2D eigenvalue weighted by Gasteiger charge is -2.28. The van der Waals surface area contributed by atoms with Crippen molar-refractivity contribution in [3.05, 3.63) is 47.2 Å². The maximum absolute atomic E-state index is 13.2. The molecule has 2 N–H and O–H groups in total. The third-order valence-corrected chi connectivity index (χ3v) is 5.27. The molecule has 0 atom stereocenters. The van der Waals surface area contributed by atoms with Gasteiger partial charge in [0.25, 0.3) is 0 Å².